The molecule has 0 aliphatic heterocycles. The van der Waals surface area contributed by atoms with Crippen LogP contribution in [-0.4, -0.2) is 23.4 Å². The summed E-state index contributed by atoms with van der Waals surface area (Å²) < 4.78 is 7.30. The second kappa shape index (κ2) is 6.57. The van der Waals surface area contributed by atoms with E-state index in [-0.39, 0.29) is 0 Å². The summed E-state index contributed by atoms with van der Waals surface area (Å²) >= 11 is 0. The molecule has 0 fully saturated rings. The topological polar surface area (TPSA) is 39.1 Å². The Morgan fingerprint density at radius 1 is 1.25 bits per heavy atom. The quantitative estimate of drug-likeness (QED) is 0.821. The van der Waals surface area contributed by atoms with Gasteiger partial charge in [0.1, 0.15) is 5.75 Å². The highest BCUT2D eigenvalue weighted by Crippen LogP contribution is 2.17. The van der Waals surface area contributed by atoms with Crippen LogP contribution in [0.2, 0.25) is 0 Å². The van der Waals surface area contributed by atoms with E-state index in [1.54, 1.807) is 7.11 Å². The van der Waals surface area contributed by atoms with Gasteiger partial charge in [0.2, 0.25) is 0 Å². The highest BCUT2D eigenvalue weighted by Gasteiger charge is 2.08. The van der Waals surface area contributed by atoms with Crippen molar-refractivity contribution in [1.29, 1.82) is 0 Å². The molecule has 0 radical (unpaired) electrons. The Morgan fingerprint density at radius 2 is 2.00 bits per heavy atom. The Labute approximate surface area is 120 Å². The van der Waals surface area contributed by atoms with Crippen molar-refractivity contribution in [2.45, 2.75) is 26.8 Å². The second-order valence-electron chi connectivity index (χ2n) is 5.01. The summed E-state index contributed by atoms with van der Waals surface area (Å²) in [4.78, 5) is 0. The van der Waals surface area contributed by atoms with E-state index in [9.17, 15) is 0 Å². The molecule has 1 heterocycles. The minimum absolute atomic E-state index is 0.862. The number of nitrogens with zero attached hydrogens (tertiary/aromatic N) is 2. The van der Waals surface area contributed by atoms with Crippen LogP contribution >= 0.6 is 0 Å². The lowest BCUT2D eigenvalue weighted by Gasteiger charge is -2.09. The van der Waals surface area contributed by atoms with Crippen molar-refractivity contribution < 1.29 is 4.74 Å². The van der Waals surface area contributed by atoms with Crippen molar-refractivity contribution >= 4 is 0 Å². The average molecular weight is 273 g/mol. The van der Waals surface area contributed by atoms with Crippen molar-refractivity contribution in [3.05, 3.63) is 46.8 Å². The van der Waals surface area contributed by atoms with Gasteiger partial charge in [0, 0.05) is 24.8 Å². The van der Waals surface area contributed by atoms with Gasteiger partial charge in [-0.1, -0.05) is 18.2 Å². The number of para-hydroxylation sites is 1. The Kier molecular flexibility index (Phi) is 4.79. The standard InChI is InChI=1S/C16H23N3O/c1-12-15(13(2)19(3)18-12)11-17-10-9-14-7-5-6-8-16(14)20-4/h5-8,17H,9-11H2,1-4H3. The van der Waals surface area contributed by atoms with Gasteiger partial charge in [-0.2, -0.15) is 5.10 Å². The monoisotopic (exact) mass is 273 g/mol. The maximum absolute atomic E-state index is 5.36. The first-order chi connectivity index (χ1) is 9.63. The molecule has 0 unspecified atom stereocenters. The van der Waals surface area contributed by atoms with Gasteiger partial charge in [0.15, 0.2) is 0 Å². The molecule has 1 aromatic carbocycles. The zero-order chi connectivity index (χ0) is 14.5. The molecule has 0 atom stereocenters. The van der Waals surface area contributed by atoms with Crippen LogP contribution in [0.5, 0.6) is 5.75 Å². The van der Waals surface area contributed by atoms with Crippen molar-refractivity contribution in [3.63, 3.8) is 0 Å². The number of ether oxygens (including phenoxy) is 1. The van der Waals surface area contributed by atoms with Crippen LogP contribution in [0.3, 0.4) is 0 Å². The summed E-state index contributed by atoms with van der Waals surface area (Å²) in [6, 6.07) is 8.16. The number of nitrogens with one attached hydrogen (secondary N) is 1. The molecule has 2 aromatic rings. The molecule has 0 saturated heterocycles. The first-order valence-electron chi connectivity index (χ1n) is 6.95. The van der Waals surface area contributed by atoms with Gasteiger partial charge in [0.05, 0.1) is 12.8 Å². The van der Waals surface area contributed by atoms with Crippen molar-refractivity contribution in [1.82, 2.24) is 15.1 Å². The fraction of sp³-hybridized carbons (Fsp3) is 0.438. The van der Waals surface area contributed by atoms with E-state index in [4.69, 9.17) is 4.74 Å². The van der Waals surface area contributed by atoms with Crippen molar-refractivity contribution in [2.24, 2.45) is 7.05 Å². The summed E-state index contributed by atoms with van der Waals surface area (Å²) in [5.74, 6) is 0.961. The lowest BCUT2D eigenvalue weighted by Crippen LogP contribution is -2.17. The van der Waals surface area contributed by atoms with Crippen LogP contribution in [-0.2, 0) is 20.0 Å². The highest BCUT2D eigenvalue weighted by molar-refractivity contribution is 5.33. The maximum atomic E-state index is 5.36. The Bertz CT molecular complexity index is 575. The fourth-order valence-electron chi connectivity index (χ4n) is 2.42. The van der Waals surface area contributed by atoms with E-state index in [2.05, 4.69) is 30.3 Å². The van der Waals surface area contributed by atoms with Gasteiger partial charge in [-0.15, -0.1) is 0 Å². The Morgan fingerprint density at radius 3 is 2.65 bits per heavy atom. The van der Waals surface area contributed by atoms with Gasteiger partial charge in [0.25, 0.3) is 0 Å². The molecule has 2 rings (SSSR count). The van der Waals surface area contributed by atoms with E-state index in [0.29, 0.717) is 0 Å². The van der Waals surface area contributed by atoms with E-state index in [0.717, 1.165) is 31.0 Å². The molecule has 0 aliphatic carbocycles. The Balaban J connectivity index is 1.88. The SMILES string of the molecule is COc1ccccc1CCNCc1c(C)nn(C)c1C. The first kappa shape index (κ1) is 14.6. The number of aryl methyl sites for hydroxylation is 2. The lowest BCUT2D eigenvalue weighted by molar-refractivity contribution is 0.409. The zero-order valence-corrected chi connectivity index (χ0v) is 12.7. The molecule has 1 N–H and O–H groups in total. The third-order valence-corrected chi connectivity index (χ3v) is 3.72. The van der Waals surface area contributed by atoms with E-state index >= 15 is 0 Å². The summed E-state index contributed by atoms with van der Waals surface area (Å²) in [5.41, 5.74) is 4.87. The number of aromatic nitrogens is 2. The molecule has 0 bridgehead atoms. The normalized spacial score (nSPS) is 10.8. The van der Waals surface area contributed by atoms with Crippen LogP contribution < -0.4 is 10.1 Å². The van der Waals surface area contributed by atoms with Crippen LogP contribution in [0, 0.1) is 13.8 Å². The number of hydrogen-bond acceptors (Lipinski definition) is 3. The molecule has 108 valence electrons. The summed E-state index contributed by atoms with van der Waals surface area (Å²) in [5, 5.41) is 7.92. The number of rotatable bonds is 6. The zero-order valence-electron chi connectivity index (χ0n) is 12.7. The molecule has 4 nitrogen and oxygen atoms in total. The molecule has 0 amide bonds. The number of benzene rings is 1. The Hall–Kier alpha value is -1.81. The summed E-state index contributed by atoms with van der Waals surface area (Å²) in [7, 11) is 3.70. The molecular formula is C16H23N3O. The fourth-order valence-corrected chi connectivity index (χ4v) is 2.42. The predicted molar refractivity (Wildman–Crippen MR) is 81.1 cm³/mol. The molecular weight excluding hydrogens is 250 g/mol. The predicted octanol–water partition coefficient (Wildman–Crippen LogP) is 2.38. The number of methoxy groups -OCH3 is 1. The van der Waals surface area contributed by atoms with Crippen LogP contribution in [0.15, 0.2) is 24.3 Å². The van der Waals surface area contributed by atoms with E-state index in [1.165, 1.54) is 16.8 Å². The average Bonchev–Trinajstić information content (AvgIpc) is 2.69. The van der Waals surface area contributed by atoms with Gasteiger partial charge >= 0.3 is 0 Å². The van der Waals surface area contributed by atoms with Gasteiger partial charge in [-0.25, -0.2) is 0 Å². The summed E-state index contributed by atoms with van der Waals surface area (Å²) in [6.45, 7) is 5.95. The van der Waals surface area contributed by atoms with Crippen molar-refractivity contribution in [3.8, 4) is 5.75 Å². The highest BCUT2D eigenvalue weighted by atomic mass is 16.5. The minimum Gasteiger partial charge on any atom is -0.496 e. The molecule has 20 heavy (non-hydrogen) atoms. The molecule has 0 spiro atoms. The molecule has 1 aromatic heterocycles. The van der Waals surface area contributed by atoms with Crippen LogP contribution in [0.4, 0.5) is 0 Å². The van der Waals surface area contributed by atoms with Gasteiger partial charge in [-0.3, -0.25) is 4.68 Å². The maximum Gasteiger partial charge on any atom is 0.122 e. The lowest BCUT2D eigenvalue weighted by atomic mass is 10.1. The van der Waals surface area contributed by atoms with Crippen molar-refractivity contribution in [2.75, 3.05) is 13.7 Å². The van der Waals surface area contributed by atoms with E-state index in [1.807, 2.05) is 29.9 Å². The van der Waals surface area contributed by atoms with Crippen LogP contribution in [0.25, 0.3) is 0 Å². The smallest absolute Gasteiger partial charge is 0.122 e. The molecule has 0 aliphatic rings. The molecule has 4 heteroatoms. The third kappa shape index (κ3) is 3.20. The summed E-state index contributed by atoms with van der Waals surface area (Å²) in [6.07, 6.45) is 0.961. The number of hydrogen-bond donors (Lipinski definition) is 1. The van der Waals surface area contributed by atoms with Gasteiger partial charge in [-0.05, 0) is 38.4 Å². The first-order valence-corrected chi connectivity index (χ1v) is 6.95. The van der Waals surface area contributed by atoms with Crippen LogP contribution in [0.1, 0.15) is 22.5 Å². The van der Waals surface area contributed by atoms with E-state index < -0.39 is 0 Å². The second-order valence-corrected chi connectivity index (χ2v) is 5.01. The third-order valence-electron chi connectivity index (χ3n) is 3.72. The molecule has 0 saturated carbocycles. The minimum atomic E-state index is 0.862. The van der Waals surface area contributed by atoms with Gasteiger partial charge < -0.3 is 10.1 Å². The largest absolute Gasteiger partial charge is 0.496 e.